The minimum absolute atomic E-state index is 0.0501. The maximum atomic E-state index is 13.4. The summed E-state index contributed by atoms with van der Waals surface area (Å²) in [5.41, 5.74) is 0. The summed E-state index contributed by atoms with van der Waals surface area (Å²) in [5.74, 6) is -0.399. The third kappa shape index (κ3) is 6.97. The van der Waals surface area contributed by atoms with Crippen molar-refractivity contribution < 1.29 is 22.8 Å². The number of likely N-dealkylation sites (N-methyl/N-ethyl adjacent to an activating group) is 1. The minimum atomic E-state index is -3.91. The molecule has 2 aromatic heterocycles. The van der Waals surface area contributed by atoms with Gasteiger partial charge in [0.1, 0.15) is 10.3 Å². The molecule has 3 saturated heterocycles. The second kappa shape index (κ2) is 12.7. The number of thiophene rings is 2. The van der Waals surface area contributed by atoms with Gasteiger partial charge in [-0.25, -0.2) is 8.42 Å². The van der Waals surface area contributed by atoms with Crippen molar-refractivity contribution in [1.82, 2.24) is 24.3 Å². The van der Waals surface area contributed by atoms with Crippen molar-refractivity contribution in [2.75, 3.05) is 46.3 Å². The molecule has 2 aromatic rings. The Balaban J connectivity index is 1.17. The monoisotopic (exact) mass is 641 g/mol. The van der Waals surface area contributed by atoms with Gasteiger partial charge in [-0.05, 0) is 56.4 Å². The highest BCUT2D eigenvalue weighted by Crippen LogP contribution is 2.37. The van der Waals surface area contributed by atoms with Crippen LogP contribution in [0, 0.1) is 0 Å². The predicted molar refractivity (Wildman–Crippen MR) is 161 cm³/mol. The van der Waals surface area contributed by atoms with E-state index in [2.05, 4.69) is 9.62 Å². The first-order valence-electron chi connectivity index (χ1n) is 13.9. The Bertz CT molecular complexity index is 1400. The standard InChI is InChI=1S/C27H36ClN5O5S3/c1-18(34)30(2)19-11-14-31(15-19)16-20-5-3-13-33(20)25(35)17-32-12-4-6-21(27(32)36)29-41(37,38)26-10-8-23(40-26)22-7-9-24(28)39-22/h7-10,19-21,29H,3-6,11-17H2,1-2H3. The number of halogens is 1. The van der Waals surface area contributed by atoms with E-state index in [1.165, 1.54) is 16.2 Å². The van der Waals surface area contributed by atoms with Gasteiger partial charge in [0.15, 0.2) is 0 Å². The number of likely N-dealkylation sites (tertiary alicyclic amines) is 3. The fourth-order valence-electron chi connectivity index (χ4n) is 5.95. The number of piperidine rings is 1. The molecule has 0 radical (unpaired) electrons. The molecule has 3 unspecified atom stereocenters. The summed E-state index contributed by atoms with van der Waals surface area (Å²) in [6.07, 6.45) is 3.74. The number of sulfonamides is 1. The van der Waals surface area contributed by atoms with Crippen molar-refractivity contribution in [3.63, 3.8) is 0 Å². The topological polar surface area (TPSA) is 110 Å². The molecule has 1 N–H and O–H groups in total. The molecule has 0 bridgehead atoms. The van der Waals surface area contributed by atoms with E-state index in [1.54, 1.807) is 30.0 Å². The van der Waals surface area contributed by atoms with Crippen molar-refractivity contribution in [2.45, 2.75) is 61.4 Å². The van der Waals surface area contributed by atoms with E-state index < -0.39 is 16.1 Å². The molecule has 3 aliphatic heterocycles. The Kier molecular flexibility index (Phi) is 9.41. The summed E-state index contributed by atoms with van der Waals surface area (Å²) >= 11 is 8.53. The first-order chi connectivity index (χ1) is 19.5. The fraction of sp³-hybridized carbons (Fsp3) is 0.593. The van der Waals surface area contributed by atoms with Gasteiger partial charge in [-0.15, -0.1) is 22.7 Å². The number of nitrogens with zero attached hydrogens (tertiary/aromatic N) is 4. The molecule has 224 valence electrons. The Morgan fingerprint density at radius 2 is 1.78 bits per heavy atom. The Labute approximate surface area is 254 Å². The van der Waals surface area contributed by atoms with Gasteiger partial charge >= 0.3 is 0 Å². The highest BCUT2D eigenvalue weighted by atomic mass is 35.5. The molecule has 0 spiro atoms. The van der Waals surface area contributed by atoms with E-state index in [0.717, 1.165) is 60.0 Å². The van der Waals surface area contributed by atoms with Crippen LogP contribution in [0.3, 0.4) is 0 Å². The van der Waals surface area contributed by atoms with Crippen molar-refractivity contribution in [2.24, 2.45) is 0 Å². The molecule has 41 heavy (non-hydrogen) atoms. The molecular formula is C27H36ClN5O5S3. The average molecular weight is 642 g/mol. The molecule has 3 atom stereocenters. The zero-order valence-corrected chi connectivity index (χ0v) is 26.5. The lowest BCUT2D eigenvalue weighted by molar-refractivity contribution is -0.143. The van der Waals surface area contributed by atoms with E-state index >= 15 is 0 Å². The zero-order valence-electron chi connectivity index (χ0n) is 23.3. The van der Waals surface area contributed by atoms with Crippen LogP contribution in [0.4, 0.5) is 0 Å². The van der Waals surface area contributed by atoms with Gasteiger partial charge in [0.05, 0.1) is 10.9 Å². The number of rotatable bonds is 9. The summed E-state index contributed by atoms with van der Waals surface area (Å²) < 4.78 is 29.6. The van der Waals surface area contributed by atoms with E-state index in [9.17, 15) is 22.8 Å². The summed E-state index contributed by atoms with van der Waals surface area (Å²) in [6.45, 7) is 5.06. The summed E-state index contributed by atoms with van der Waals surface area (Å²) in [6, 6.07) is 6.26. The van der Waals surface area contributed by atoms with E-state index in [4.69, 9.17) is 11.6 Å². The lowest BCUT2D eigenvalue weighted by Crippen LogP contribution is -2.55. The third-order valence-electron chi connectivity index (χ3n) is 8.27. The second-order valence-electron chi connectivity index (χ2n) is 11.0. The van der Waals surface area contributed by atoms with Crippen LogP contribution in [0.2, 0.25) is 4.34 Å². The van der Waals surface area contributed by atoms with E-state index in [-0.39, 0.29) is 40.6 Å². The average Bonchev–Trinajstić information content (AvgIpc) is 3.73. The normalized spacial score (nSPS) is 23.9. The molecule has 5 heterocycles. The van der Waals surface area contributed by atoms with Crippen molar-refractivity contribution in [3.05, 3.63) is 28.6 Å². The number of amides is 3. The van der Waals surface area contributed by atoms with Crippen LogP contribution in [0.15, 0.2) is 28.5 Å². The molecule has 0 aromatic carbocycles. The summed E-state index contributed by atoms with van der Waals surface area (Å²) in [5, 5.41) is 0. The molecule has 3 fully saturated rings. The van der Waals surface area contributed by atoms with Gasteiger partial charge in [0.2, 0.25) is 17.7 Å². The fourth-order valence-corrected chi connectivity index (χ4v) is 9.63. The van der Waals surface area contributed by atoms with Gasteiger partial charge in [-0.1, -0.05) is 11.6 Å². The third-order valence-corrected chi connectivity index (χ3v) is 12.8. The summed E-state index contributed by atoms with van der Waals surface area (Å²) in [7, 11) is -2.07. The van der Waals surface area contributed by atoms with Gasteiger partial charge < -0.3 is 14.7 Å². The number of carbonyl (C=O) groups is 3. The highest BCUT2D eigenvalue weighted by Gasteiger charge is 2.37. The molecule has 0 aliphatic carbocycles. The zero-order chi connectivity index (χ0) is 29.3. The quantitative estimate of drug-likeness (QED) is 0.451. The van der Waals surface area contributed by atoms with Crippen LogP contribution in [0.25, 0.3) is 9.75 Å². The largest absolute Gasteiger partial charge is 0.342 e. The molecule has 10 nitrogen and oxygen atoms in total. The van der Waals surface area contributed by atoms with E-state index in [0.29, 0.717) is 30.3 Å². The minimum Gasteiger partial charge on any atom is -0.342 e. The molecule has 3 aliphatic rings. The van der Waals surface area contributed by atoms with E-state index in [1.807, 2.05) is 18.0 Å². The van der Waals surface area contributed by atoms with Gasteiger partial charge in [0.25, 0.3) is 10.0 Å². The van der Waals surface area contributed by atoms with Crippen molar-refractivity contribution in [3.8, 4) is 9.75 Å². The van der Waals surface area contributed by atoms with Crippen LogP contribution in [-0.4, -0.2) is 110 Å². The van der Waals surface area contributed by atoms with Gasteiger partial charge in [0, 0.05) is 68.5 Å². The van der Waals surface area contributed by atoms with Crippen LogP contribution in [-0.2, 0) is 24.4 Å². The molecule has 3 amide bonds. The number of hydrogen-bond acceptors (Lipinski definition) is 8. The highest BCUT2D eigenvalue weighted by molar-refractivity contribution is 7.91. The first kappa shape index (κ1) is 30.4. The Hall–Kier alpha value is -2.03. The van der Waals surface area contributed by atoms with Crippen molar-refractivity contribution >= 4 is 62.0 Å². The number of carbonyl (C=O) groups excluding carboxylic acids is 3. The van der Waals surface area contributed by atoms with Gasteiger partial charge in [-0.2, -0.15) is 4.72 Å². The molecule has 14 heteroatoms. The Morgan fingerprint density at radius 3 is 2.51 bits per heavy atom. The predicted octanol–water partition coefficient (Wildman–Crippen LogP) is 2.94. The second-order valence-corrected chi connectivity index (χ2v) is 15.8. The van der Waals surface area contributed by atoms with Gasteiger partial charge in [-0.3, -0.25) is 19.3 Å². The maximum Gasteiger partial charge on any atom is 0.250 e. The molecular weight excluding hydrogens is 606 g/mol. The lowest BCUT2D eigenvalue weighted by Gasteiger charge is -2.35. The Morgan fingerprint density at radius 1 is 1.05 bits per heavy atom. The molecule has 5 rings (SSSR count). The maximum absolute atomic E-state index is 13.4. The van der Waals surface area contributed by atoms with Crippen LogP contribution < -0.4 is 4.72 Å². The van der Waals surface area contributed by atoms with Crippen LogP contribution in [0.5, 0.6) is 0 Å². The smallest absolute Gasteiger partial charge is 0.250 e. The number of hydrogen-bond donors (Lipinski definition) is 1. The lowest BCUT2D eigenvalue weighted by atomic mass is 10.1. The summed E-state index contributed by atoms with van der Waals surface area (Å²) in [4.78, 5) is 47.6. The first-order valence-corrected chi connectivity index (χ1v) is 17.4. The van der Waals surface area contributed by atoms with Crippen molar-refractivity contribution in [1.29, 1.82) is 0 Å². The van der Waals surface area contributed by atoms with Crippen LogP contribution >= 0.6 is 34.3 Å². The number of nitrogens with one attached hydrogen (secondary N) is 1. The SMILES string of the molecule is CC(=O)N(C)C1CCN(CC2CCCN2C(=O)CN2CCCC(NS(=O)(=O)c3ccc(-c4ccc(Cl)s4)s3)C2=O)C1. The van der Waals surface area contributed by atoms with Crippen LogP contribution in [0.1, 0.15) is 39.0 Å². The molecule has 0 saturated carbocycles.